The summed E-state index contributed by atoms with van der Waals surface area (Å²) in [5.41, 5.74) is 11.9. The first-order chi connectivity index (χ1) is 24.3. The molecule has 0 fully saturated rings. The van der Waals surface area contributed by atoms with Gasteiger partial charge in [0, 0.05) is 46.6 Å². The summed E-state index contributed by atoms with van der Waals surface area (Å²) in [5.74, 6) is -3.13. The number of fused-ring (bicyclic) bond motifs is 3. The van der Waals surface area contributed by atoms with E-state index in [0.29, 0.717) is 18.5 Å². The highest BCUT2D eigenvalue weighted by Crippen LogP contribution is 2.37. The van der Waals surface area contributed by atoms with Crippen molar-refractivity contribution in [3.8, 4) is 0 Å². The van der Waals surface area contributed by atoms with E-state index in [1.54, 1.807) is 26.0 Å². The summed E-state index contributed by atoms with van der Waals surface area (Å²) in [6.45, 7) is 7.31. The van der Waals surface area contributed by atoms with Crippen molar-refractivity contribution in [2.24, 2.45) is 23.3 Å². The minimum atomic E-state index is -1.75. The minimum Gasteiger partial charge on any atom is -0.432 e. The van der Waals surface area contributed by atoms with E-state index in [2.05, 4.69) is 20.9 Å². The summed E-state index contributed by atoms with van der Waals surface area (Å²) in [7, 11) is 0. The second-order valence-corrected chi connectivity index (χ2v) is 13.7. The van der Waals surface area contributed by atoms with E-state index in [-0.39, 0.29) is 30.7 Å². The van der Waals surface area contributed by atoms with E-state index < -0.39 is 52.8 Å². The maximum atomic E-state index is 14.8. The standard InChI is InChI=1S/C39H46N6O6/c1-5-24(4)39(51-37(41)50,21-25-11-7-6-8-12-25)36(49)45-38(20-19-31-29(22-38)28-13-9-10-14-30(28)43-31)35(48)44-32(23(2)3)34(47)42-27-17-15-26(16-18-27)33(40)46/h6-18,23-24,32,43H,5,19-22H2,1-4H3,(H2,40,46)(H2,41,50)(H,42,47)(H,44,48)(H,45,49)/t24-,32-,38+,39-/m0/s1. The molecule has 268 valence electrons. The van der Waals surface area contributed by atoms with Crippen molar-refractivity contribution in [1.29, 1.82) is 0 Å². The maximum Gasteiger partial charge on any atom is 0.405 e. The molecular weight excluding hydrogens is 648 g/mol. The first-order valence-corrected chi connectivity index (χ1v) is 17.2. The van der Waals surface area contributed by atoms with Crippen LogP contribution in [0.3, 0.4) is 0 Å². The summed E-state index contributed by atoms with van der Waals surface area (Å²) < 4.78 is 5.79. The Morgan fingerprint density at radius 2 is 1.59 bits per heavy atom. The Balaban J connectivity index is 1.53. The van der Waals surface area contributed by atoms with Crippen molar-refractivity contribution in [2.75, 3.05) is 5.32 Å². The molecule has 1 aliphatic carbocycles. The van der Waals surface area contributed by atoms with Gasteiger partial charge in [0.2, 0.25) is 17.7 Å². The molecule has 1 heterocycles. The Morgan fingerprint density at radius 1 is 0.922 bits per heavy atom. The molecule has 0 spiro atoms. The Morgan fingerprint density at radius 3 is 2.22 bits per heavy atom. The van der Waals surface area contributed by atoms with Crippen molar-refractivity contribution in [2.45, 2.75) is 77.0 Å². The third-order valence-electron chi connectivity index (χ3n) is 10.0. The number of ether oxygens (including phenoxy) is 1. The number of aryl methyl sites for hydroxylation is 1. The van der Waals surface area contributed by atoms with Crippen LogP contribution in [0, 0.1) is 11.8 Å². The SMILES string of the molecule is CC[C@H](C)[C@](Cc1ccccc1)(OC(N)=O)C(=O)N[C@]1(C(=O)N[C@H](C(=O)Nc2ccc(C(N)=O)cc2)C(C)C)CCc2[nH]c3ccccc3c2C1. The average molecular weight is 695 g/mol. The van der Waals surface area contributed by atoms with Gasteiger partial charge in [-0.05, 0) is 66.6 Å². The summed E-state index contributed by atoms with van der Waals surface area (Å²) in [5, 5.41) is 9.77. The van der Waals surface area contributed by atoms with Crippen LogP contribution < -0.4 is 27.4 Å². The zero-order valence-electron chi connectivity index (χ0n) is 29.4. The predicted molar refractivity (Wildman–Crippen MR) is 195 cm³/mol. The molecule has 0 saturated carbocycles. The van der Waals surface area contributed by atoms with Crippen molar-refractivity contribution in [3.63, 3.8) is 0 Å². The van der Waals surface area contributed by atoms with E-state index in [0.717, 1.165) is 27.7 Å². The van der Waals surface area contributed by atoms with Gasteiger partial charge in [-0.25, -0.2) is 4.79 Å². The Kier molecular flexibility index (Phi) is 10.8. The van der Waals surface area contributed by atoms with Crippen LogP contribution in [0.25, 0.3) is 10.9 Å². The van der Waals surface area contributed by atoms with Crippen LogP contribution >= 0.6 is 0 Å². The smallest absolute Gasteiger partial charge is 0.405 e. The molecule has 5 rings (SSSR count). The number of amides is 5. The number of nitrogens with two attached hydrogens (primary N) is 2. The first kappa shape index (κ1) is 36.6. The second-order valence-electron chi connectivity index (χ2n) is 13.7. The summed E-state index contributed by atoms with van der Waals surface area (Å²) in [4.78, 5) is 70.7. The second kappa shape index (κ2) is 15.1. The lowest BCUT2D eigenvalue weighted by molar-refractivity contribution is -0.151. The predicted octanol–water partition coefficient (Wildman–Crippen LogP) is 4.51. The molecule has 1 aromatic heterocycles. The van der Waals surface area contributed by atoms with Gasteiger partial charge in [-0.1, -0.05) is 76.2 Å². The fraction of sp³-hybridized carbons (Fsp3) is 0.359. The third kappa shape index (κ3) is 7.74. The topological polar surface area (TPSA) is 198 Å². The van der Waals surface area contributed by atoms with Gasteiger partial charge >= 0.3 is 6.09 Å². The van der Waals surface area contributed by atoms with Crippen molar-refractivity contribution in [3.05, 3.63) is 101 Å². The lowest BCUT2D eigenvalue weighted by Crippen LogP contribution is -2.68. The van der Waals surface area contributed by atoms with Gasteiger partial charge in [0.25, 0.3) is 5.91 Å². The van der Waals surface area contributed by atoms with Gasteiger partial charge in [-0.2, -0.15) is 0 Å². The maximum absolute atomic E-state index is 14.8. The number of aromatic amines is 1. The van der Waals surface area contributed by atoms with Crippen LogP contribution in [0.15, 0.2) is 78.9 Å². The van der Waals surface area contributed by atoms with E-state index in [4.69, 9.17) is 16.2 Å². The summed E-state index contributed by atoms with van der Waals surface area (Å²) in [6.07, 6.45) is 0.124. The molecule has 0 radical (unpaired) electrons. The van der Waals surface area contributed by atoms with Crippen molar-refractivity contribution < 1.29 is 28.7 Å². The molecule has 0 aliphatic heterocycles. The Labute approximate surface area is 297 Å². The highest BCUT2D eigenvalue weighted by Gasteiger charge is 2.52. The molecule has 5 amide bonds. The van der Waals surface area contributed by atoms with Gasteiger partial charge < -0.3 is 37.1 Å². The van der Waals surface area contributed by atoms with E-state index in [1.165, 1.54) is 12.1 Å². The molecule has 0 bridgehead atoms. The van der Waals surface area contributed by atoms with Crippen LogP contribution in [0.4, 0.5) is 10.5 Å². The van der Waals surface area contributed by atoms with Crippen molar-refractivity contribution in [1.82, 2.24) is 15.6 Å². The Hall–Kier alpha value is -5.65. The molecule has 0 unspecified atom stereocenters. The zero-order valence-corrected chi connectivity index (χ0v) is 29.4. The monoisotopic (exact) mass is 694 g/mol. The lowest BCUT2D eigenvalue weighted by Gasteiger charge is -2.43. The van der Waals surface area contributed by atoms with Crippen LogP contribution in [-0.4, -0.2) is 51.9 Å². The minimum absolute atomic E-state index is 0.0270. The molecule has 4 aromatic rings. The normalized spacial score (nSPS) is 17.7. The van der Waals surface area contributed by atoms with E-state index >= 15 is 0 Å². The number of carbonyl (C=O) groups excluding carboxylic acids is 5. The fourth-order valence-electron chi connectivity index (χ4n) is 6.90. The van der Waals surface area contributed by atoms with Crippen LogP contribution in [-0.2, 0) is 38.4 Å². The molecule has 1 aliphatic rings. The van der Waals surface area contributed by atoms with Crippen LogP contribution in [0.2, 0.25) is 0 Å². The highest BCUT2D eigenvalue weighted by molar-refractivity contribution is 6.02. The number of benzene rings is 3. The molecule has 0 saturated heterocycles. The number of rotatable bonds is 13. The van der Waals surface area contributed by atoms with E-state index in [1.807, 2.05) is 68.4 Å². The molecule has 8 N–H and O–H groups in total. The number of para-hydroxylation sites is 1. The third-order valence-corrected chi connectivity index (χ3v) is 10.0. The number of nitrogens with one attached hydrogen (secondary N) is 4. The van der Waals surface area contributed by atoms with Gasteiger partial charge in [0.1, 0.15) is 11.6 Å². The number of carbonyl (C=O) groups is 5. The largest absolute Gasteiger partial charge is 0.432 e. The van der Waals surface area contributed by atoms with Crippen molar-refractivity contribution >= 4 is 46.3 Å². The molecular formula is C39H46N6O6. The quantitative estimate of drug-likeness (QED) is 0.119. The van der Waals surface area contributed by atoms with Gasteiger partial charge in [0.05, 0.1) is 0 Å². The highest BCUT2D eigenvalue weighted by atomic mass is 16.6. The zero-order chi connectivity index (χ0) is 36.9. The average Bonchev–Trinajstić information content (AvgIpc) is 3.47. The number of hydrogen-bond donors (Lipinski definition) is 6. The summed E-state index contributed by atoms with van der Waals surface area (Å²) in [6, 6.07) is 22.0. The number of primary amides is 2. The van der Waals surface area contributed by atoms with Gasteiger partial charge in [-0.15, -0.1) is 0 Å². The van der Waals surface area contributed by atoms with Gasteiger partial charge in [-0.3, -0.25) is 19.2 Å². The molecule has 12 heteroatoms. The number of hydrogen-bond acceptors (Lipinski definition) is 6. The molecule has 12 nitrogen and oxygen atoms in total. The van der Waals surface area contributed by atoms with Crippen LogP contribution in [0.1, 0.15) is 67.7 Å². The number of H-pyrrole nitrogens is 1. The molecule has 51 heavy (non-hydrogen) atoms. The van der Waals surface area contributed by atoms with Gasteiger partial charge in [0.15, 0.2) is 5.60 Å². The molecule has 4 atom stereocenters. The number of aromatic nitrogens is 1. The first-order valence-electron chi connectivity index (χ1n) is 17.2. The van der Waals surface area contributed by atoms with Crippen LogP contribution in [0.5, 0.6) is 0 Å². The lowest BCUT2D eigenvalue weighted by atomic mass is 9.76. The fourth-order valence-corrected chi connectivity index (χ4v) is 6.90. The Bertz CT molecular complexity index is 1920. The molecule has 3 aromatic carbocycles. The van der Waals surface area contributed by atoms with E-state index in [9.17, 15) is 24.0 Å². The number of anilines is 1. The summed E-state index contributed by atoms with van der Waals surface area (Å²) >= 11 is 0.